The molecule has 0 spiro atoms. The topological polar surface area (TPSA) is 9.23 Å². The van der Waals surface area contributed by atoms with Crippen molar-refractivity contribution < 1.29 is 4.74 Å². The first-order chi connectivity index (χ1) is 12.3. The molecule has 0 radical (unpaired) electrons. The zero-order valence-electron chi connectivity index (χ0n) is 15.8. The Morgan fingerprint density at radius 2 is 1.40 bits per heavy atom. The van der Waals surface area contributed by atoms with Gasteiger partial charge >= 0.3 is 0 Å². The van der Waals surface area contributed by atoms with Gasteiger partial charge in [-0.15, -0.1) is 0 Å². The van der Waals surface area contributed by atoms with Crippen molar-refractivity contribution in [3.05, 3.63) is 54.1 Å². The number of hydrogen-bond acceptors (Lipinski definition) is 1. The summed E-state index contributed by atoms with van der Waals surface area (Å²) >= 11 is 0. The third-order valence-electron chi connectivity index (χ3n) is 5.76. The van der Waals surface area contributed by atoms with Crippen LogP contribution in [0.5, 0.6) is 5.75 Å². The summed E-state index contributed by atoms with van der Waals surface area (Å²) in [5.41, 5.74) is 4.09. The average molecular weight is 337 g/mol. The van der Waals surface area contributed by atoms with Gasteiger partial charge in [0.1, 0.15) is 5.75 Å². The highest BCUT2D eigenvalue weighted by Crippen LogP contribution is 2.37. The van der Waals surface area contributed by atoms with Crippen LogP contribution < -0.4 is 4.74 Å². The van der Waals surface area contributed by atoms with Crippen LogP contribution in [-0.2, 0) is 0 Å². The van der Waals surface area contributed by atoms with Crippen LogP contribution in [0.2, 0.25) is 0 Å². The van der Waals surface area contributed by atoms with Crippen LogP contribution in [0.1, 0.15) is 70.3 Å². The van der Waals surface area contributed by atoms with Gasteiger partial charge in [0.05, 0.1) is 6.61 Å². The summed E-state index contributed by atoms with van der Waals surface area (Å²) in [6.07, 6.45) is 9.17. The van der Waals surface area contributed by atoms with Crippen LogP contribution >= 0.6 is 0 Å². The standard InChI is InChI=1S/C24H32O/c1-3-5-18-25-24-16-14-23(15-17-24)22-12-10-21(11-13-22)20-8-6-19(4-2)7-9-20/h10-17,19-20H,3-9,18H2,1-2H3. The predicted octanol–water partition coefficient (Wildman–Crippen LogP) is 7.22. The Labute approximate surface area is 153 Å². The van der Waals surface area contributed by atoms with E-state index >= 15 is 0 Å². The van der Waals surface area contributed by atoms with E-state index < -0.39 is 0 Å². The molecule has 0 atom stereocenters. The van der Waals surface area contributed by atoms with Crippen molar-refractivity contribution in [1.29, 1.82) is 0 Å². The Morgan fingerprint density at radius 3 is 1.96 bits per heavy atom. The molecule has 0 amide bonds. The molecule has 25 heavy (non-hydrogen) atoms. The van der Waals surface area contributed by atoms with Crippen molar-refractivity contribution in [3.63, 3.8) is 0 Å². The zero-order chi connectivity index (χ0) is 17.5. The van der Waals surface area contributed by atoms with Gasteiger partial charge in [-0.3, -0.25) is 0 Å². The highest BCUT2D eigenvalue weighted by Gasteiger charge is 2.21. The maximum absolute atomic E-state index is 5.75. The molecule has 0 bridgehead atoms. The lowest BCUT2D eigenvalue weighted by Crippen LogP contribution is -2.12. The van der Waals surface area contributed by atoms with E-state index in [1.807, 2.05) is 0 Å². The molecular formula is C24H32O. The highest BCUT2D eigenvalue weighted by molar-refractivity contribution is 5.64. The van der Waals surface area contributed by atoms with Crippen molar-refractivity contribution in [3.8, 4) is 16.9 Å². The first kappa shape index (κ1) is 18.0. The van der Waals surface area contributed by atoms with Crippen molar-refractivity contribution in [2.75, 3.05) is 6.61 Å². The quantitative estimate of drug-likeness (QED) is 0.485. The van der Waals surface area contributed by atoms with Crippen LogP contribution in [0.4, 0.5) is 0 Å². The van der Waals surface area contributed by atoms with E-state index in [0.717, 1.165) is 30.6 Å². The Bertz CT molecular complexity index is 618. The number of unbranched alkanes of at least 4 members (excludes halogenated alkanes) is 1. The molecule has 1 aliphatic rings. The number of hydrogen-bond donors (Lipinski definition) is 0. The number of benzene rings is 2. The summed E-state index contributed by atoms with van der Waals surface area (Å²) in [4.78, 5) is 0. The van der Waals surface area contributed by atoms with Crippen LogP contribution in [0.25, 0.3) is 11.1 Å². The van der Waals surface area contributed by atoms with Gasteiger partial charge in [-0.2, -0.15) is 0 Å². The summed E-state index contributed by atoms with van der Waals surface area (Å²) in [6.45, 7) is 5.33. The summed E-state index contributed by atoms with van der Waals surface area (Å²) in [5, 5.41) is 0. The summed E-state index contributed by atoms with van der Waals surface area (Å²) in [6, 6.07) is 17.8. The lowest BCUT2D eigenvalue weighted by Gasteiger charge is -2.28. The fraction of sp³-hybridized carbons (Fsp3) is 0.500. The molecule has 0 aliphatic heterocycles. The fourth-order valence-electron chi connectivity index (χ4n) is 3.93. The lowest BCUT2D eigenvalue weighted by atomic mass is 9.77. The van der Waals surface area contributed by atoms with Crippen molar-refractivity contribution in [2.24, 2.45) is 5.92 Å². The highest BCUT2D eigenvalue weighted by atomic mass is 16.5. The van der Waals surface area contributed by atoms with E-state index in [9.17, 15) is 0 Å². The Kier molecular flexibility index (Phi) is 6.55. The minimum absolute atomic E-state index is 0.770. The minimum Gasteiger partial charge on any atom is -0.494 e. The second-order valence-corrected chi connectivity index (χ2v) is 7.47. The molecular weight excluding hydrogens is 304 g/mol. The van der Waals surface area contributed by atoms with E-state index in [4.69, 9.17) is 4.74 Å². The summed E-state index contributed by atoms with van der Waals surface area (Å²) in [5.74, 6) is 2.71. The van der Waals surface area contributed by atoms with Gasteiger partial charge < -0.3 is 4.74 Å². The molecule has 0 aromatic heterocycles. The molecule has 1 saturated carbocycles. The molecule has 1 nitrogen and oxygen atoms in total. The van der Waals surface area contributed by atoms with Gasteiger partial charge in [0.2, 0.25) is 0 Å². The van der Waals surface area contributed by atoms with Gasteiger partial charge in [-0.05, 0) is 72.8 Å². The van der Waals surface area contributed by atoms with Gasteiger partial charge in [-0.1, -0.05) is 63.1 Å². The van der Waals surface area contributed by atoms with Crippen LogP contribution in [-0.4, -0.2) is 6.61 Å². The molecule has 2 aromatic rings. The molecule has 0 heterocycles. The third-order valence-corrected chi connectivity index (χ3v) is 5.76. The summed E-state index contributed by atoms with van der Waals surface area (Å²) in [7, 11) is 0. The second-order valence-electron chi connectivity index (χ2n) is 7.47. The predicted molar refractivity (Wildman–Crippen MR) is 107 cm³/mol. The smallest absolute Gasteiger partial charge is 0.119 e. The third kappa shape index (κ3) is 4.87. The molecule has 1 aliphatic carbocycles. The van der Waals surface area contributed by atoms with E-state index in [1.54, 1.807) is 0 Å². The minimum atomic E-state index is 0.770. The second kappa shape index (κ2) is 9.08. The monoisotopic (exact) mass is 336 g/mol. The van der Waals surface area contributed by atoms with Crippen LogP contribution in [0.15, 0.2) is 48.5 Å². The Hall–Kier alpha value is -1.76. The first-order valence-electron chi connectivity index (χ1n) is 10.1. The van der Waals surface area contributed by atoms with E-state index in [-0.39, 0.29) is 0 Å². The maximum Gasteiger partial charge on any atom is 0.119 e. The van der Waals surface area contributed by atoms with Gasteiger partial charge in [0.15, 0.2) is 0 Å². The van der Waals surface area contributed by atoms with Crippen LogP contribution in [0, 0.1) is 5.92 Å². The molecule has 134 valence electrons. The average Bonchev–Trinajstić information content (AvgIpc) is 2.69. The first-order valence-corrected chi connectivity index (χ1v) is 10.1. The Morgan fingerprint density at radius 1 is 0.800 bits per heavy atom. The Balaban J connectivity index is 1.60. The molecule has 3 rings (SSSR count). The van der Waals surface area contributed by atoms with E-state index in [2.05, 4.69) is 62.4 Å². The lowest BCUT2D eigenvalue weighted by molar-refractivity contribution is 0.309. The van der Waals surface area contributed by atoms with E-state index in [0.29, 0.717) is 0 Å². The molecule has 1 fully saturated rings. The molecule has 0 unspecified atom stereocenters. The SMILES string of the molecule is CCCCOc1ccc(-c2ccc(C3CCC(CC)CC3)cc2)cc1. The van der Waals surface area contributed by atoms with Crippen molar-refractivity contribution in [1.82, 2.24) is 0 Å². The van der Waals surface area contributed by atoms with Crippen molar-refractivity contribution >= 4 is 0 Å². The van der Waals surface area contributed by atoms with Crippen molar-refractivity contribution in [2.45, 2.75) is 64.7 Å². The normalized spacial score (nSPS) is 20.4. The molecule has 0 saturated heterocycles. The maximum atomic E-state index is 5.75. The molecule has 2 aromatic carbocycles. The zero-order valence-corrected chi connectivity index (χ0v) is 15.8. The van der Waals surface area contributed by atoms with E-state index in [1.165, 1.54) is 55.2 Å². The number of ether oxygens (including phenoxy) is 1. The van der Waals surface area contributed by atoms with Gasteiger partial charge in [0.25, 0.3) is 0 Å². The molecule has 0 N–H and O–H groups in total. The largest absolute Gasteiger partial charge is 0.494 e. The number of rotatable bonds is 7. The molecule has 1 heteroatoms. The fourth-order valence-corrected chi connectivity index (χ4v) is 3.93. The van der Waals surface area contributed by atoms with Crippen LogP contribution in [0.3, 0.4) is 0 Å². The van der Waals surface area contributed by atoms with Gasteiger partial charge in [-0.25, -0.2) is 0 Å². The van der Waals surface area contributed by atoms with Gasteiger partial charge in [0, 0.05) is 0 Å². The summed E-state index contributed by atoms with van der Waals surface area (Å²) < 4.78 is 5.75.